The van der Waals surface area contributed by atoms with Crippen molar-refractivity contribution in [2.45, 2.75) is 19.0 Å². The Hall–Kier alpha value is -3.34. The van der Waals surface area contributed by atoms with E-state index in [1.54, 1.807) is 0 Å². The molecule has 8 heteroatoms. The van der Waals surface area contributed by atoms with E-state index in [-0.39, 0.29) is 18.5 Å². The van der Waals surface area contributed by atoms with Crippen LogP contribution in [0.1, 0.15) is 24.0 Å². The highest BCUT2D eigenvalue weighted by Crippen LogP contribution is 2.48. The third-order valence-corrected chi connectivity index (χ3v) is 4.37. The van der Waals surface area contributed by atoms with Crippen LogP contribution in [0.4, 0.5) is 24.5 Å². The SMILES string of the molecule is N#Cc1ccc(NC(=O)C2(C(=O)Nc3ccccc3C(F)(F)F)CC2)cc1. The number of nitrogens with zero attached hydrogens (tertiary/aromatic N) is 1. The lowest BCUT2D eigenvalue weighted by Crippen LogP contribution is -2.36. The summed E-state index contributed by atoms with van der Waals surface area (Å²) in [5.41, 5.74) is -1.94. The monoisotopic (exact) mass is 373 g/mol. The molecule has 0 unspecified atom stereocenters. The number of nitrogens with one attached hydrogen (secondary N) is 2. The van der Waals surface area contributed by atoms with E-state index in [2.05, 4.69) is 10.6 Å². The summed E-state index contributed by atoms with van der Waals surface area (Å²) in [6.07, 6.45) is -4.13. The maximum absolute atomic E-state index is 13.1. The van der Waals surface area contributed by atoms with Crippen LogP contribution in [0.25, 0.3) is 0 Å². The molecule has 0 bridgehead atoms. The van der Waals surface area contributed by atoms with Gasteiger partial charge in [0, 0.05) is 5.69 Å². The molecule has 0 aliphatic heterocycles. The molecule has 2 amide bonds. The van der Waals surface area contributed by atoms with Gasteiger partial charge in [-0.25, -0.2) is 0 Å². The van der Waals surface area contributed by atoms with Gasteiger partial charge >= 0.3 is 6.18 Å². The minimum Gasteiger partial charge on any atom is -0.325 e. The average Bonchev–Trinajstić information content (AvgIpc) is 3.44. The third-order valence-electron chi connectivity index (χ3n) is 4.37. The summed E-state index contributed by atoms with van der Waals surface area (Å²) in [7, 11) is 0. The van der Waals surface area contributed by atoms with E-state index < -0.39 is 29.0 Å². The Bertz CT molecular complexity index is 926. The van der Waals surface area contributed by atoms with Crippen molar-refractivity contribution >= 4 is 23.2 Å². The molecule has 0 saturated heterocycles. The molecule has 138 valence electrons. The molecule has 0 radical (unpaired) electrons. The Morgan fingerprint density at radius 1 is 0.963 bits per heavy atom. The summed E-state index contributed by atoms with van der Waals surface area (Å²) in [6.45, 7) is 0. The standard InChI is InChI=1S/C19H14F3N3O2/c20-19(21,22)14-3-1-2-4-15(14)25-17(27)18(9-10-18)16(26)24-13-7-5-12(11-23)6-8-13/h1-8H,9-10H2,(H,24,26)(H,25,27). The van der Waals surface area contributed by atoms with Crippen LogP contribution in [0.15, 0.2) is 48.5 Å². The van der Waals surface area contributed by atoms with Crippen molar-refractivity contribution in [3.05, 3.63) is 59.7 Å². The van der Waals surface area contributed by atoms with Crippen molar-refractivity contribution in [3.63, 3.8) is 0 Å². The van der Waals surface area contributed by atoms with Gasteiger partial charge in [0.2, 0.25) is 11.8 Å². The average molecular weight is 373 g/mol. The molecule has 0 heterocycles. The molecular weight excluding hydrogens is 359 g/mol. The van der Waals surface area contributed by atoms with Gasteiger partial charge in [-0.05, 0) is 49.2 Å². The second kappa shape index (κ2) is 6.76. The second-order valence-corrected chi connectivity index (χ2v) is 6.22. The van der Waals surface area contributed by atoms with E-state index in [0.717, 1.165) is 12.1 Å². The summed E-state index contributed by atoms with van der Waals surface area (Å²) in [4.78, 5) is 25.0. The zero-order valence-electron chi connectivity index (χ0n) is 13.9. The highest BCUT2D eigenvalue weighted by molar-refractivity contribution is 6.17. The Morgan fingerprint density at radius 2 is 1.56 bits per heavy atom. The number of hydrogen-bond donors (Lipinski definition) is 2. The minimum absolute atomic E-state index is 0.245. The second-order valence-electron chi connectivity index (χ2n) is 6.22. The number of nitriles is 1. The van der Waals surface area contributed by atoms with E-state index >= 15 is 0 Å². The van der Waals surface area contributed by atoms with Crippen LogP contribution in [0.2, 0.25) is 0 Å². The van der Waals surface area contributed by atoms with Gasteiger partial charge in [0.15, 0.2) is 0 Å². The first-order valence-electron chi connectivity index (χ1n) is 8.05. The smallest absolute Gasteiger partial charge is 0.325 e. The molecule has 3 rings (SSSR count). The van der Waals surface area contributed by atoms with Crippen molar-refractivity contribution in [3.8, 4) is 6.07 Å². The van der Waals surface area contributed by atoms with E-state index in [4.69, 9.17) is 5.26 Å². The Morgan fingerprint density at radius 3 is 2.11 bits per heavy atom. The number of halogens is 3. The maximum atomic E-state index is 13.1. The predicted molar refractivity (Wildman–Crippen MR) is 91.5 cm³/mol. The number of alkyl halides is 3. The molecule has 1 fully saturated rings. The van der Waals surface area contributed by atoms with Gasteiger partial charge < -0.3 is 10.6 Å². The Kier molecular flexibility index (Phi) is 4.62. The van der Waals surface area contributed by atoms with Gasteiger partial charge in [-0.2, -0.15) is 18.4 Å². The van der Waals surface area contributed by atoms with Gasteiger partial charge in [-0.15, -0.1) is 0 Å². The lowest BCUT2D eigenvalue weighted by atomic mass is 10.0. The first-order chi connectivity index (χ1) is 12.8. The van der Waals surface area contributed by atoms with Gasteiger partial charge in [0.25, 0.3) is 0 Å². The first kappa shape index (κ1) is 18.5. The molecule has 1 aliphatic rings. The zero-order valence-corrected chi connectivity index (χ0v) is 13.9. The van der Waals surface area contributed by atoms with Crippen molar-refractivity contribution < 1.29 is 22.8 Å². The van der Waals surface area contributed by atoms with Crippen LogP contribution in [-0.4, -0.2) is 11.8 Å². The van der Waals surface area contributed by atoms with E-state index in [1.807, 2.05) is 6.07 Å². The quantitative estimate of drug-likeness (QED) is 0.797. The van der Waals surface area contributed by atoms with Gasteiger partial charge in [-0.3, -0.25) is 9.59 Å². The molecule has 27 heavy (non-hydrogen) atoms. The molecule has 1 aliphatic carbocycles. The molecule has 0 spiro atoms. The number of amides is 2. The Labute approximate surface area is 152 Å². The van der Waals surface area contributed by atoms with Crippen LogP contribution in [-0.2, 0) is 15.8 Å². The summed E-state index contributed by atoms with van der Waals surface area (Å²) in [5.74, 6) is -1.36. The fourth-order valence-electron chi connectivity index (χ4n) is 2.64. The molecular formula is C19H14F3N3O2. The van der Waals surface area contributed by atoms with E-state index in [9.17, 15) is 22.8 Å². The number of anilines is 2. The Balaban J connectivity index is 1.75. The molecule has 1 saturated carbocycles. The van der Waals surface area contributed by atoms with Gasteiger partial charge in [-0.1, -0.05) is 12.1 Å². The van der Waals surface area contributed by atoms with Crippen LogP contribution in [0, 0.1) is 16.7 Å². The molecule has 2 aromatic rings. The summed E-state index contributed by atoms with van der Waals surface area (Å²) in [6, 6.07) is 12.6. The van der Waals surface area contributed by atoms with Crippen molar-refractivity contribution in [2.24, 2.45) is 5.41 Å². The van der Waals surface area contributed by atoms with Crippen LogP contribution < -0.4 is 10.6 Å². The molecule has 0 aromatic heterocycles. The number of rotatable bonds is 4. The normalized spacial score (nSPS) is 14.7. The fourth-order valence-corrected chi connectivity index (χ4v) is 2.64. The molecule has 2 N–H and O–H groups in total. The summed E-state index contributed by atoms with van der Waals surface area (Å²) < 4.78 is 39.2. The lowest BCUT2D eigenvalue weighted by molar-refractivity contribution is -0.137. The van der Waals surface area contributed by atoms with Crippen molar-refractivity contribution in [1.29, 1.82) is 5.26 Å². The van der Waals surface area contributed by atoms with Crippen LogP contribution in [0.3, 0.4) is 0 Å². The predicted octanol–water partition coefficient (Wildman–Crippen LogP) is 3.93. The topological polar surface area (TPSA) is 82.0 Å². The maximum Gasteiger partial charge on any atom is 0.418 e. The van der Waals surface area contributed by atoms with Crippen molar-refractivity contribution in [1.82, 2.24) is 0 Å². The molecule has 2 aromatic carbocycles. The highest BCUT2D eigenvalue weighted by Gasteiger charge is 2.56. The van der Waals surface area contributed by atoms with E-state index in [1.165, 1.54) is 36.4 Å². The zero-order chi connectivity index (χ0) is 19.7. The first-order valence-corrected chi connectivity index (χ1v) is 8.05. The minimum atomic E-state index is -4.62. The van der Waals surface area contributed by atoms with Gasteiger partial charge in [0.1, 0.15) is 5.41 Å². The van der Waals surface area contributed by atoms with Gasteiger partial charge in [0.05, 0.1) is 22.9 Å². The van der Waals surface area contributed by atoms with E-state index in [0.29, 0.717) is 11.3 Å². The number of carbonyl (C=O) groups is 2. The number of para-hydroxylation sites is 1. The third kappa shape index (κ3) is 3.77. The largest absolute Gasteiger partial charge is 0.418 e. The highest BCUT2D eigenvalue weighted by atomic mass is 19.4. The molecule has 5 nitrogen and oxygen atoms in total. The fraction of sp³-hybridized carbons (Fsp3) is 0.211. The van der Waals surface area contributed by atoms with Crippen LogP contribution >= 0.6 is 0 Å². The summed E-state index contributed by atoms with van der Waals surface area (Å²) >= 11 is 0. The van der Waals surface area contributed by atoms with Crippen molar-refractivity contribution in [2.75, 3.05) is 10.6 Å². The number of carbonyl (C=O) groups excluding carboxylic acids is 2. The number of hydrogen-bond acceptors (Lipinski definition) is 3. The summed E-state index contributed by atoms with van der Waals surface area (Å²) in [5, 5.41) is 13.6. The molecule has 0 atom stereocenters. The van der Waals surface area contributed by atoms with Crippen LogP contribution in [0.5, 0.6) is 0 Å². The lowest BCUT2D eigenvalue weighted by Gasteiger charge is -2.18. The number of benzene rings is 2.